The number of carbonyl (C=O) groups excluding carboxylic acids is 1. The topological polar surface area (TPSA) is 46.5 Å². The number of rotatable bonds is 7. The minimum Gasteiger partial charge on any atom is -0.488 e. The minimum absolute atomic E-state index is 0.169. The Balaban J connectivity index is 1.58. The Kier molecular flexibility index (Phi) is 4.96. The summed E-state index contributed by atoms with van der Waals surface area (Å²) in [6.45, 7) is 3.79. The lowest BCUT2D eigenvalue weighted by Gasteiger charge is -2.14. The van der Waals surface area contributed by atoms with Crippen LogP contribution in [0.1, 0.15) is 16.1 Å². The van der Waals surface area contributed by atoms with Crippen LogP contribution < -0.4 is 9.64 Å². The van der Waals surface area contributed by atoms with Crippen LogP contribution in [0, 0.1) is 6.92 Å². The average molecular weight is 323 g/mol. The van der Waals surface area contributed by atoms with E-state index in [1.807, 2.05) is 68.6 Å². The lowest BCUT2D eigenvalue weighted by molar-refractivity contribution is -0.870. The standard InChI is InChI=1S/C20H22N2O2/c1-15-20(17-10-6-7-11-18(17)21-15)19(23)14-22(2)12-13-24-16-8-4-3-5-9-16/h3-11,21H,12-14H2,1-2H3/p+1. The van der Waals surface area contributed by atoms with E-state index >= 15 is 0 Å². The Hall–Kier alpha value is -2.59. The maximum Gasteiger partial charge on any atom is 0.219 e. The number of para-hydroxylation sites is 2. The highest BCUT2D eigenvalue weighted by Crippen LogP contribution is 2.21. The number of hydrogen-bond donors (Lipinski definition) is 2. The van der Waals surface area contributed by atoms with Crippen LogP contribution in [0.5, 0.6) is 5.75 Å². The number of Topliss-reactive ketones (excluding diaryl/α,β-unsaturated/α-hetero) is 1. The number of hydrogen-bond acceptors (Lipinski definition) is 2. The normalized spacial score (nSPS) is 12.2. The van der Waals surface area contributed by atoms with Gasteiger partial charge in [0.1, 0.15) is 25.4 Å². The van der Waals surface area contributed by atoms with E-state index in [9.17, 15) is 4.79 Å². The molecular weight excluding hydrogens is 300 g/mol. The van der Waals surface area contributed by atoms with Crippen LogP contribution in [-0.4, -0.2) is 37.5 Å². The molecule has 0 aliphatic carbocycles. The molecular formula is C20H23N2O2+. The van der Waals surface area contributed by atoms with Crippen LogP contribution in [0.3, 0.4) is 0 Å². The van der Waals surface area contributed by atoms with Gasteiger partial charge in [-0.1, -0.05) is 36.4 Å². The van der Waals surface area contributed by atoms with E-state index in [2.05, 4.69) is 4.98 Å². The zero-order valence-electron chi connectivity index (χ0n) is 14.1. The summed E-state index contributed by atoms with van der Waals surface area (Å²) in [6, 6.07) is 17.7. The summed E-state index contributed by atoms with van der Waals surface area (Å²) in [7, 11) is 2.02. The molecule has 0 aliphatic rings. The lowest BCUT2D eigenvalue weighted by Crippen LogP contribution is -3.10. The maximum absolute atomic E-state index is 12.7. The first-order valence-electron chi connectivity index (χ1n) is 8.25. The number of carbonyl (C=O) groups is 1. The van der Waals surface area contributed by atoms with Gasteiger partial charge in [0, 0.05) is 16.6 Å². The molecule has 1 aromatic heterocycles. The second kappa shape index (κ2) is 7.32. The van der Waals surface area contributed by atoms with Crippen LogP contribution >= 0.6 is 0 Å². The number of fused-ring (bicyclic) bond motifs is 1. The summed E-state index contributed by atoms with van der Waals surface area (Å²) in [5.41, 5.74) is 2.77. The van der Waals surface area contributed by atoms with Crippen LogP contribution in [0.25, 0.3) is 10.9 Å². The fourth-order valence-electron chi connectivity index (χ4n) is 2.95. The van der Waals surface area contributed by atoms with Gasteiger partial charge in [0.2, 0.25) is 5.78 Å². The summed E-state index contributed by atoms with van der Waals surface area (Å²) < 4.78 is 5.70. The molecule has 3 rings (SSSR count). The number of likely N-dealkylation sites (N-methyl/N-ethyl adjacent to an activating group) is 1. The number of ketones is 1. The zero-order valence-corrected chi connectivity index (χ0v) is 14.1. The SMILES string of the molecule is Cc1[nH]c2ccccc2c1C(=O)C[NH+](C)CCOc1ccccc1. The van der Waals surface area contributed by atoms with Gasteiger partial charge in [-0.15, -0.1) is 0 Å². The highest BCUT2D eigenvalue weighted by molar-refractivity contribution is 6.09. The number of aromatic nitrogens is 1. The molecule has 0 aliphatic heterocycles. The van der Waals surface area contributed by atoms with Gasteiger partial charge in [0.15, 0.2) is 0 Å². The van der Waals surface area contributed by atoms with E-state index in [1.165, 1.54) is 0 Å². The summed E-state index contributed by atoms with van der Waals surface area (Å²) in [5, 5.41) is 1.01. The van der Waals surface area contributed by atoms with Crippen molar-refractivity contribution in [1.82, 2.24) is 4.98 Å². The van der Waals surface area contributed by atoms with E-state index in [0.29, 0.717) is 13.2 Å². The van der Waals surface area contributed by atoms with Gasteiger partial charge in [-0.2, -0.15) is 0 Å². The molecule has 0 bridgehead atoms. The molecule has 4 nitrogen and oxygen atoms in total. The molecule has 2 N–H and O–H groups in total. The van der Waals surface area contributed by atoms with Crippen LogP contribution in [0.4, 0.5) is 0 Å². The highest BCUT2D eigenvalue weighted by Gasteiger charge is 2.19. The van der Waals surface area contributed by atoms with E-state index in [0.717, 1.165) is 39.4 Å². The predicted octanol–water partition coefficient (Wildman–Crippen LogP) is 2.25. The lowest BCUT2D eigenvalue weighted by atomic mass is 10.1. The van der Waals surface area contributed by atoms with Crippen molar-refractivity contribution in [2.24, 2.45) is 0 Å². The molecule has 4 heteroatoms. The molecule has 0 spiro atoms. The maximum atomic E-state index is 12.7. The molecule has 0 fully saturated rings. The second-order valence-corrected chi connectivity index (χ2v) is 6.14. The van der Waals surface area contributed by atoms with Crippen LogP contribution in [0.2, 0.25) is 0 Å². The van der Waals surface area contributed by atoms with Gasteiger partial charge in [0.25, 0.3) is 0 Å². The van der Waals surface area contributed by atoms with Gasteiger partial charge < -0.3 is 14.6 Å². The fraction of sp³-hybridized carbons (Fsp3) is 0.250. The third-order valence-electron chi connectivity index (χ3n) is 4.18. The Morgan fingerprint density at radius 2 is 1.79 bits per heavy atom. The zero-order chi connectivity index (χ0) is 16.9. The molecule has 1 atom stereocenters. The van der Waals surface area contributed by atoms with Crippen LogP contribution in [0.15, 0.2) is 54.6 Å². The summed E-state index contributed by atoms with van der Waals surface area (Å²) in [6.07, 6.45) is 0. The Labute approximate surface area is 142 Å². The first-order valence-corrected chi connectivity index (χ1v) is 8.25. The summed E-state index contributed by atoms with van der Waals surface area (Å²) >= 11 is 0. The minimum atomic E-state index is 0.169. The third-order valence-corrected chi connectivity index (χ3v) is 4.18. The first-order chi connectivity index (χ1) is 11.6. The van der Waals surface area contributed by atoms with Crippen LogP contribution in [-0.2, 0) is 0 Å². The molecule has 3 aromatic rings. The summed E-state index contributed by atoms with van der Waals surface area (Å²) in [5.74, 6) is 1.03. The predicted molar refractivity (Wildman–Crippen MR) is 95.9 cm³/mol. The van der Waals surface area contributed by atoms with Crippen molar-refractivity contribution < 1.29 is 14.4 Å². The number of nitrogens with one attached hydrogen (secondary N) is 2. The van der Waals surface area contributed by atoms with Gasteiger partial charge in [-0.05, 0) is 25.1 Å². The van der Waals surface area contributed by atoms with E-state index in [4.69, 9.17) is 4.74 Å². The van der Waals surface area contributed by atoms with Gasteiger partial charge in [0.05, 0.1) is 12.6 Å². The average Bonchev–Trinajstić information content (AvgIpc) is 2.91. The second-order valence-electron chi connectivity index (χ2n) is 6.14. The van der Waals surface area contributed by atoms with Crippen molar-refractivity contribution in [3.63, 3.8) is 0 Å². The van der Waals surface area contributed by atoms with E-state index in [-0.39, 0.29) is 5.78 Å². The van der Waals surface area contributed by atoms with Crippen molar-refractivity contribution in [3.8, 4) is 5.75 Å². The Morgan fingerprint density at radius 3 is 2.58 bits per heavy atom. The monoisotopic (exact) mass is 323 g/mol. The molecule has 0 saturated heterocycles. The molecule has 0 radical (unpaired) electrons. The number of aromatic amines is 1. The van der Waals surface area contributed by atoms with Crippen molar-refractivity contribution in [2.45, 2.75) is 6.92 Å². The van der Waals surface area contributed by atoms with Gasteiger partial charge in [-0.3, -0.25) is 4.79 Å². The number of ether oxygens (including phenoxy) is 1. The van der Waals surface area contributed by atoms with E-state index in [1.54, 1.807) is 0 Å². The van der Waals surface area contributed by atoms with Crippen molar-refractivity contribution in [1.29, 1.82) is 0 Å². The number of aryl methyl sites for hydroxylation is 1. The molecule has 1 unspecified atom stereocenters. The number of quaternary nitrogens is 1. The Bertz CT molecular complexity index is 824. The molecule has 2 aromatic carbocycles. The molecule has 0 amide bonds. The van der Waals surface area contributed by atoms with Gasteiger partial charge in [-0.25, -0.2) is 0 Å². The first kappa shape index (κ1) is 16.3. The number of H-pyrrole nitrogens is 1. The fourth-order valence-corrected chi connectivity index (χ4v) is 2.95. The quantitative estimate of drug-likeness (QED) is 0.655. The van der Waals surface area contributed by atoms with Crippen molar-refractivity contribution in [3.05, 3.63) is 65.9 Å². The Morgan fingerprint density at radius 1 is 1.08 bits per heavy atom. The smallest absolute Gasteiger partial charge is 0.219 e. The van der Waals surface area contributed by atoms with Crippen molar-refractivity contribution in [2.75, 3.05) is 26.7 Å². The van der Waals surface area contributed by atoms with E-state index < -0.39 is 0 Å². The molecule has 1 heterocycles. The molecule has 124 valence electrons. The molecule has 24 heavy (non-hydrogen) atoms. The summed E-state index contributed by atoms with van der Waals surface area (Å²) in [4.78, 5) is 17.1. The molecule has 0 saturated carbocycles. The highest BCUT2D eigenvalue weighted by atomic mass is 16.5. The third kappa shape index (κ3) is 3.66. The largest absolute Gasteiger partial charge is 0.488 e. The van der Waals surface area contributed by atoms with Crippen molar-refractivity contribution >= 4 is 16.7 Å². The van der Waals surface area contributed by atoms with Gasteiger partial charge >= 0.3 is 0 Å². The number of benzene rings is 2.